The molecule has 0 spiro atoms. The Bertz CT molecular complexity index is 2310. The number of rotatable bonds is 12. The van der Waals surface area contributed by atoms with Gasteiger partial charge in [0, 0.05) is 65.3 Å². The molecule has 1 saturated heterocycles. The number of hydrogen-bond acceptors (Lipinski definition) is 11. The van der Waals surface area contributed by atoms with E-state index in [9.17, 15) is 14.7 Å². The van der Waals surface area contributed by atoms with Crippen molar-refractivity contribution in [2.75, 3.05) is 20.8 Å². The van der Waals surface area contributed by atoms with Gasteiger partial charge in [-0.2, -0.15) is 0 Å². The number of aromatic nitrogens is 5. The van der Waals surface area contributed by atoms with Gasteiger partial charge in [0.25, 0.3) is 0 Å². The fourth-order valence-corrected chi connectivity index (χ4v) is 8.04. The maximum Gasteiger partial charge on any atom is 0.410 e. The molecule has 0 unspecified atom stereocenters. The highest BCUT2D eigenvalue weighted by atomic mass is 35.5. The van der Waals surface area contributed by atoms with Crippen LogP contribution in [0.4, 0.5) is 4.79 Å². The topological polar surface area (TPSA) is 165 Å². The van der Waals surface area contributed by atoms with Gasteiger partial charge in [0.1, 0.15) is 5.60 Å². The Morgan fingerprint density at radius 1 is 1.00 bits per heavy atom. The Morgan fingerprint density at radius 2 is 1.76 bits per heavy atom. The van der Waals surface area contributed by atoms with E-state index in [1.165, 1.54) is 7.11 Å². The van der Waals surface area contributed by atoms with Crippen molar-refractivity contribution >= 4 is 40.8 Å². The number of nitrogens with zero attached hydrogens (tertiary/aromatic N) is 6. The maximum absolute atomic E-state index is 13.3. The molecular formula is C42H48Cl2N8O6. The van der Waals surface area contributed by atoms with E-state index in [1.807, 2.05) is 69.4 Å². The van der Waals surface area contributed by atoms with E-state index >= 15 is 0 Å². The van der Waals surface area contributed by atoms with E-state index in [0.29, 0.717) is 97.8 Å². The fraction of sp³-hybridized carbons (Fsp3) is 0.429. The van der Waals surface area contributed by atoms with Gasteiger partial charge in [-0.25, -0.2) is 19.3 Å². The van der Waals surface area contributed by atoms with E-state index < -0.39 is 11.7 Å². The second-order valence-corrected chi connectivity index (χ2v) is 16.5. The molecule has 306 valence electrons. The lowest BCUT2D eigenvalue weighted by atomic mass is 9.93. The first kappa shape index (κ1) is 41.2. The zero-order valence-corrected chi connectivity index (χ0v) is 34.7. The molecule has 3 N–H and O–H groups in total. The quantitative estimate of drug-likeness (QED) is 0.116. The number of amides is 2. The summed E-state index contributed by atoms with van der Waals surface area (Å²) in [5.74, 6) is 1.42. The van der Waals surface area contributed by atoms with Crippen molar-refractivity contribution in [3.8, 4) is 45.3 Å². The van der Waals surface area contributed by atoms with Crippen LogP contribution in [0, 0.1) is 0 Å². The van der Waals surface area contributed by atoms with Gasteiger partial charge in [0.15, 0.2) is 17.2 Å². The molecule has 1 atom stereocenters. The van der Waals surface area contributed by atoms with Gasteiger partial charge in [-0.15, -0.1) is 5.10 Å². The average molecular weight is 832 g/mol. The summed E-state index contributed by atoms with van der Waals surface area (Å²) in [5.41, 5.74) is 4.23. The number of hydrogen-bond donors (Lipinski definition) is 3. The predicted octanol–water partition coefficient (Wildman–Crippen LogP) is 7.25. The number of pyridine rings is 3. The number of carbonyl (C=O) groups excluding carboxylic acids is 2. The van der Waals surface area contributed by atoms with Crippen molar-refractivity contribution in [2.24, 2.45) is 0 Å². The van der Waals surface area contributed by atoms with Crippen LogP contribution in [0.5, 0.6) is 11.6 Å². The first-order chi connectivity index (χ1) is 27.8. The summed E-state index contributed by atoms with van der Waals surface area (Å²) in [6.45, 7) is 6.34. The first-order valence-electron chi connectivity index (χ1n) is 19.4. The van der Waals surface area contributed by atoms with Crippen LogP contribution in [0.15, 0.2) is 54.9 Å². The number of fused-ring (bicyclic) bond motifs is 1. The largest absolute Gasteiger partial charge is 0.493 e. The van der Waals surface area contributed by atoms with Gasteiger partial charge >= 0.3 is 6.09 Å². The highest BCUT2D eigenvalue weighted by Gasteiger charge is 2.30. The van der Waals surface area contributed by atoms with E-state index in [2.05, 4.69) is 15.6 Å². The summed E-state index contributed by atoms with van der Waals surface area (Å²) >= 11 is 14.3. The molecule has 2 aliphatic rings. The Hall–Kier alpha value is -5.02. The molecule has 58 heavy (non-hydrogen) atoms. The van der Waals surface area contributed by atoms with Crippen LogP contribution in [0.1, 0.15) is 70.7 Å². The third kappa shape index (κ3) is 9.31. The smallest absolute Gasteiger partial charge is 0.410 e. The molecule has 1 aromatic carbocycles. The average Bonchev–Trinajstić information content (AvgIpc) is 3.82. The zero-order chi connectivity index (χ0) is 41.1. The number of nitrogens with one attached hydrogen (secondary N) is 2. The molecule has 2 amide bonds. The highest BCUT2D eigenvalue weighted by Crippen LogP contribution is 2.42. The highest BCUT2D eigenvalue weighted by molar-refractivity contribution is 6.39. The zero-order valence-electron chi connectivity index (χ0n) is 33.2. The minimum absolute atomic E-state index is 0.0367. The minimum Gasteiger partial charge on any atom is -0.493 e. The molecule has 0 radical (unpaired) electrons. The van der Waals surface area contributed by atoms with Crippen molar-refractivity contribution in [3.05, 3.63) is 76.3 Å². The molecule has 7 rings (SSSR count). The van der Waals surface area contributed by atoms with Crippen LogP contribution >= 0.6 is 23.2 Å². The molecule has 1 saturated carbocycles. The number of ether oxygens (including phenoxy) is 3. The Kier molecular flexibility index (Phi) is 12.4. The molecule has 14 nitrogen and oxygen atoms in total. The Balaban J connectivity index is 1.15. The summed E-state index contributed by atoms with van der Waals surface area (Å²) in [5, 5.41) is 21.8. The van der Waals surface area contributed by atoms with Gasteiger partial charge < -0.3 is 34.9 Å². The Labute approximate surface area is 347 Å². The normalized spacial score (nSPS) is 18.3. The number of aliphatic hydroxyl groups is 1. The van der Waals surface area contributed by atoms with Crippen molar-refractivity contribution in [1.29, 1.82) is 0 Å². The van der Waals surface area contributed by atoms with E-state index in [-0.39, 0.29) is 31.1 Å². The second-order valence-electron chi connectivity index (χ2n) is 15.7. The van der Waals surface area contributed by atoms with Gasteiger partial charge in [0.05, 0.1) is 54.8 Å². The number of halogens is 2. The van der Waals surface area contributed by atoms with Crippen LogP contribution in [0.25, 0.3) is 39.3 Å². The van der Waals surface area contributed by atoms with Crippen molar-refractivity contribution < 1.29 is 28.9 Å². The molecule has 2 fully saturated rings. The fourth-order valence-electron chi connectivity index (χ4n) is 7.39. The summed E-state index contributed by atoms with van der Waals surface area (Å²) in [4.78, 5) is 41.0. The second kappa shape index (κ2) is 17.5. The van der Waals surface area contributed by atoms with Gasteiger partial charge in [-0.05, 0) is 77.1 Å². The Morgan fingerprint density at radius 3 is 2.47 bits per heavy atom. The minimum atomic E-state index is -0.707. The predicted molar refractivity (Wildman–Crippen MR) is 221 cm³/mol. The SMILES string of the molecule is COc1nc(-c2cccc(-c3ccnc(-c4cc(OC)c5nc(CNC6CCC(O)CC6)nn5c4)c3Cl)c2Cl)ccc1CN(C[C@@H]1CCC(=O)N1)C(=O)OC(C)(C)C. The van der Waals surface area contributed by atoms with Crippen molar-refractivity contribution in [1.82, 2.24) is 40.1 Å². The lowest BCUT2D eigenvalue weighted by Crippen LogP contribution is -2.43. The molecule has 4 aromatic heterocycles. The van der Waals surface area contributed by atoms with Crippen LogP contribution in [0.3, 0.4) is 0 Å². The summed E-state index contributed by atoms with van der Waals surface area (Å²) in [6, 6.07) is 13.1. The van der Waals surface area contributed by atoms with Crippen LogP contribution < -0.4 is 20.1 Å². The van der Waals surface area contributed by atoms with Crippen molar-refractivity contribution in [3.63, 3.8) is 0 Å². The molecule has 5 heterocycles. The van der Waals surface area contributed by atoms with E-state index in [4.69, 9.17) is 52.5 Å². The van der Waals surface area contributed by atoms with E-state index in [1.54, 1.807) is 22.7 Å². The van der Waals surface area contributed by atoms with Gasteiger partial charge in [0.2, 0.25) is 11.8 Å². The van der Waals surface area contributed by atoms with Crippen LogP contribution in [0.2, 0.25) is 10.0 Å². The molecule has 1 aliphatic heterocycles. The van der Waals surface area contributed by atoms with Crippen LogP contribution in [-0.2, 0) is 22.6 Å². The van der Waals surface area contributed by atoms with Crippen LogP contribution in [-0.4, -0.2) is 91.1 Å². The lowest BCUT2D eigenvalue weighted by Gasteiger charge is -2.29. The molecule has 5 aromatic rings. The summed E-state index contributed by atoms with van der Waals surface area (Å²) in [7, 11) is 3.11. The molecule has 1 aliphatic carbocycles. The summed E-state index contributed by atoms with van der Waals surface area (Å²) in [6.07, 6.45) is 7.22. The van der Waals surface area contributed by atoms with E-state index in [0.717, 1.165) is 25.7 Å². The summed E-state index contributed by atoms with van der Waals surface area (Å²) < 4.78 is 18.9. The number of benzene rings is 1. The third-order valence-electron chi connectivity index (χ3n) is 10.3. The number of aliphatic hydroxyl groups excluding tert-OH is 1. The van der Waals surface area contributed by atoms with Crippen molar-refractivity contribution in [2.45, 2.75) is 96.2 Å². The standard InChI is InChI=1S/C42H48Cl2N8O6/c1-42(2,3)58-41(55)51(23-27-12-16-35(54)47-27)21-24-9-15-32(48-40(24)57-5)31-8-6-7-29(36(31)43)30-17-18-45-38(37(30)44)25-19-33(56-4)39-49-34(50-52(39)22-25)20-46-26-10-13-28(53)14-11-26/h6-9,15,17-19,22,26-28,46,53H,10-14,16,20-21,23H2,1-5H3,(H,47,54)/t26?,27-,28?/m0/s1. The molecule has 16 heteroatoms. The molecular weight excluding hydrogens is 783 g/mol. The van der Waals surface area contributed by atoms with Gasteiger partial charge in [-0.3, -0.25) is 9.78 Å². The first-order valence-corrected chi connectivity index (χ1v) is 20.2. The number of methoxy groups -OCH3 is 2. The monoisotopic (exact) mass is 830 g/mol. The number of carbonyl (C=O) groups is 2. The third-order valence-corrected chi connectivity index (χ3v) is 11.1. The van der Waals surface area contributed by atoms with Gasteiger partial charge in [-0.1, -0.05) is 41.4 Å². The maximum atomic E-state index is 13.3. The molecule has 0 bridgehead atoms. The lowest BCUT2D eigenvalue weighted by molar-refractivity contribution is -0.119.